The molecule has 0 radical (unpaired) electrons. The Morgan fingerprint density at radius 3 is 2.75 bits per heavy atom. The Kier molecular flexibility index (Phi) is 1.81. The van der Waals surface area contributed by atoms with Gasteiger partial charge in [-0.3, -0.25) is 0 Å². The maximum atomic E-state index is 12.4. The summed E-state index contributed by atoms with van der Waals surface area (Å²) in [6.45, 7) is 0.536. The molecular weight excluding hydrogens is 226 g/mol. The quantitative estimate of drug-likeness (QED) is 0.805. The van der Waals surface area contributed by atoms with Crippen molar-refractivity contribution in [3.63, 3.8) is 0 Å². The third-order valence-electron chi connectivity index (χ3n) is 3.46. The molecule has 1 fully saturated rings. The average Bonchev–Trinajstić information content (AvgIpc) is 3.06. The summed E-state index contributed by atoms with van der Waals surface area (Å²) in [5.74, 6) is 0.585. The summed E-state index contributed by atoms with van der Waals surface area (Å²) in [6, 6.07) is 5.14. The van der Waals surface area contributed by atoms with Crippen molar-refractivity contribution in [3.8, 4) is 5.75 Å². The Balaban J connectivity index is 2.21. The number of fused-ring (bicyclic) bond motifs is 1. The molecule has 0 saturated heterocycles. The van der Waals surface area contributed by atoms with Gasteiger partial charge in [-0.15, -0.1) is 0 Å². The number of anilines is 1. The average molecular weight is 239 g/mol. The molecule has 1 saturated carbocycles. The molecule has 0 amide bonds. The van der Waals surface area contributed by atoms with Crippen molar-refractivity contribution in [1.82, 2.24) is 0 Å². The lowest BCUT2D eigenvalue weighted by molar-refractivity contribution is 0.413. The van der Waals surface area contributed by atoms with Crippen LogP contribution in [0.15, 0.2) is 23.1 Å². The van der Waals surface area contributed by atoms with Crippen molar-refractivity contribution >= 4 is 15.5 Å². The predicted octanol–water partition coefficient (Wildman–Crippen LogP) is 1.43. The second-order valence-corrected chi connectivity index (χ2v) is 6.71. The van der Waals surface area contributed by atoms with Crippen LogP contribution in [0.1, 0.15) is 12.8 Å². The zero-order valence-electron chi connectivity index (χ0n) is 8.99. The molecule has 1 aromatic rings. The number of hydrogen-bond acceptors (Lipinski definition) is 4. The van der Waals surface area contributed by atoms with E-state index in [1.54, 1.807) is 18.2 Å². The highest BCUT2D eigenvalue weighted by Gasteiger charge is 2.57. The zero-order chi connectivity index (χ0) is 11.4. The molecule has 0 bridgehead atoms. The molecule has 1 aliphatic carbocycles. The van der Waals surface area contributed by atoms with E-state index in [-0.39, 0.29) is 0 Å². The molecule has 0 atom stereocenters. The van der Waals surface area contributed by atoms with Gasteiger partial charge in [-0.25, -0.2) is 8.42 Å². The fraction of sp³-hybridized carbons (Fsp3) is 0.455. The molecule has 1 N–H and O–H groups in total. The van der Waals surface area contributed by atoms with Gasteiger partial charge in [0.1, 0.15) is 5.75 Å². The first-order chi connectivity index (χ1) is 7.59. The van der Waals surface area contributed by atoms with Gasteiger partial charge in [0.15, 0.2) is 9.84 Å². The van der Waals surface area contributed by atoms with Gasteiger partial charge in [-0.05, 0) is 25.0 Å². The van der Waals surface area contributed by atoms with E-state index in [1.165, 1.54) is 7.11 Å². The summed E-state index contributed by atoms with van der Waals surface area (Å²) in [6.07, 6.45) is 1.53. The van der Waals surface area contributed by atoms with Gasteiger partial charge in [0.05, 0.1) is 22.4 Å². The lowest BCUT2D eigenvalue weighted by atomic mass is 10.2. The molecule has 1 spiro atoms. The number of hydrogen-bond donors (Lipinski definition) is 1. The Labute approximate surface area is 94.5 Å². The van der Waals surface area contributed by atoms with E-state index in [0.29, 0.717) is 22.9 Å². The lowest BCUT2D eigenvalue weighted by Gasteiger charge is -2.26. The minimum absolute atomic E-state index is 0.385. The number of sulfone groups is 1. The molecule has 5 heteroatoms. The largest absolute Gasteiger partial charge is 0.497 e. The minimum atomic E-state index is -3.18. The number of ether oxygens (including phenoxy) is 1. The van der Waals surface area contributed by atoms with Gasteiger partial charge in [-0.2, -0.15) is 0 Å². The summed E-state index contributed by atoms with van der Waals surface area (Å²) >= 11 is 0. The van der Waals surface area contributed by atoms with Crippen LogP contribution in [0.25, 0.3) is 0 Å². The highest BCUT2D eigenvalue weighted by Crippen LogP contribution is 2.51. The fourth-order valence-electron chi connectivity index (χ4n) is 2.17. The highest BCUT2D eigenvalue weighted by molar-refractivity contribution is 7.93. The van der Waals surface area contributed by atoms with Crippen LogP contribution in [-0.4, -0.2) is 26.8 Å². The fourth-order valence-corrected chi connectivity index (χ4v) is 4.24. The maximum Gasteiger partial charge on any atom is 0.187 e. The number of methoxy groups -OCH3 is 1. The van der Waals surface area contributed by atoms with Crippen LogP contribution in [0.2, 0.25) is 0 Å². The molecule has 3 rings (SSSR count). The molecular formula is C11H13NO3S. The summed E-state index contributed by atoms with van der Waals surface area (Å²) in [7, 11) is -1.65. The summed E-state index contributed by atoms with van der Waals surface area (Å²) in [4.78, 5) is 0.385. The van der Waals surface area contributed by atoms with Gasteiger partial charge in [-0.1, -0.05) is 0 Å². The van der Waals surface area contributed by atoms with Crippen molar-refractivity contribution in [1.29, 1.82) is 0 Å². The Bertz CT molecular complexity index is 546. The number of benzene rings is 1. The standard InChI is InChI=1S/C11H13NO3S/c1-15-8-2-3-9-10(6-8)16(13,14)11(4-5-11)7-12-9/h2-3,6,12H,4-5,7H2,1H3. The molecule has 86 valence electrons. The van der Waals surface area contributed by atoms with Gasteiger partial charge in [0.2, 0.25) is 0 Å². The normalized spacial score (nSPS) is 23.3. The SMILES string of the molecule is COc1ccc2c(c1)S(=O)(=O)C1(CC1)CN2. The maximum absolute atomic E-state index is 12.4. The monoisotopic (exact) mass is 239 g/mol. The Hall–Kier alpha value is -1.23. The van der Waals surface area contributed by atoms with Crippen molar-refractivity contribution in [3.05, 3.63) is 18.2 Å². The summed E-state index contributed by atoms with van der Waals surface area (Å²) in [5, 5.41) is 3.19. The number of nitrogens with one attached hydrogen (secondary N) is 1. The summed E-state index contributed by atoms with van der Waals surface area (Å²) < 4.78 is 29.3. The van der Waals surface area contributed by atoms with Crippen molar-refractivity contribution in [2.45, 2.75) is 22.5 Å². The van der Waals surface area contributed by atoms with E-state index in [0.717, 1.165) is 12.8 Å². The number of rotatable bonds is 1. The first-order valence-electron chi connectivity index (χ1n) is 5.26. The third kappa shape index (κ3) is 1.12. The van der Waals surface area contributed by atoms with Gasteiger partial charge >= 0.3 is 0 Å². The van der Waals surface area contributed by atoms with Crippen molar-refractivity contribution in [2.24, 2.45) is 0 Å². The second-order valence-electron chi connectivity index (χ2n) is 4.40. The van der Waals surface area contributed by atoms with Crippen LogP contribution in [0.5, 0.6) is 5.75 Å². The van der Waals surface area contributed by atoms with Crippen molar-refractivity contribution in [2.75, 3.05) is 19.0 Å². The van der Waals surface area contributed by atoms with E-state index >= 15 is 0 Å². The molecule has 16 heavy (non-hydrogen) atoms. The van der Waals surface area contributed by atoms with E-state index in [4.69, 9.17) is 4.74 Å². The Morgan fingerprint density at radius 2 is 2.12 bits per heavy atom. The van der Waals surface area contributed by atoms with E-state index in [1.807, 2.05) is 0 Å². The molecule has 1 aliphatic heterocycles. The zero-order valence-corrected chi connectivity index (χ0v) is 9.80. The summed E-state index contributed by atoms with van der Waals surface area (Å²) in [5.41, 5.74) is 0.693. The minimum Gasteiger partial charge on any atom is -0.497 e. The molecule has 0 aromatic heterocycles. The van der Waals surface area contributed by atoms with Crippen LogP contribution < -0.4 is 10.1 Å². The van der Waals surface area contributed by atoms with Gasteiger partial charge < -0.3 is 10.1 Å². The van der Waals surface area contributed by atoms with E-state index < -0.39 is 14.6 Å². The van der Waals surface area contributed by atoms with Gasteiger partial charge in [0.25, 0.3) is 0 Å². The first kappa shape index (κ1) is 9.96. The third-order valence-corrected chi connectivity index (χ3v) is 6.07. The molecule has 1 heterocycles. The highest BCUT2D eigenvalue weighted by atomic mass is 32.2. The lowest BCUT2D eigenvalue weighted by Crippen LogP contribution is -2.36. The molecule has 4 nitrogen and oxygen atoms in total. The van der Waals surface area contributed by atoms with Crippen LogP contribution in [0, 0.1) is 0 Å². The second kappa shape index (κ2) is 2.91. The van der Waals surface area contributed by atoms with Crippen LogP contribution in [0.3, 0.4) is 0 Å². The molecule has 0 unspecified atom stereocenters. The van der Waals surface area contributed by atoms with Gasteiger partial charge in [0, 0.05) is 12.6 Å². The molecule has 2 aliphatic rings. The van der Waals surface area contributed by atoms with Crippen LogP contribution in [-0.2, 0) is 9.84 Å². The Morgan fingerprint density at radius 1 is 1.38 bits per heavy atom. The van der Waals surface area contributed by atoms with Crippen molar-refractivity contribution < 1.29 is 13.2 Å². The van der Waals surface area contributed by atoms with Crippen LogP contribution in [0.4, 0.5) is 5.69 Å². The first-order valence-corrected chi connectivity index (χ1v) is 6.74. The topological polar surface area (TPSA) is 55.4 Å². The molecule has 1 aromatic carbocycles. The van der Waals surface area contributed by atoms with E-state index in [9.17, 15) is 8.42 Å². The van der Waals surface area contributed by atoms with E-state index in [2.05, 4.69) is 5.32 Å². The van der Waals surface area contributed by atoms with Crippen LogP contribution >= 0.6 is 0 Å². The predicted molar refractivity (Wildman–Crippen MR) is 60.6 cm³/mol. The smallest absolute Gasteiger partial charge is 0.187 e.